The van der Waals surface area contributed by atoms with Gasteiger partial charge in [0.15, 0.2) is 0 Å². The van der Waals surface area contributed by atoms with Crippen molar-refractivity contribution < 1.29 is 19.1 Å². The van der Waals surface area contributed by atoms with E-state index >= 15 is 0 Å². The van der Waals surface area contributed by atoms with Gasteiger partial charge in [-0.25, -0.2) is 9.97 Å². The van der Waals surface area contributed by atoms with Gasteiger partial charge in [0.2, 0.25) is 11.8 Å². The molecule has 1 fully saturated rings. The van der Waals surface area contributed by atoms with E-state index in [1.54, 1.807) is 0 Å². The molecule has 2 bridgehead atoms. The highest BCUT2D eigenvalue weighted by molar-refractivity contribution is 5.78. The van der Waals surface area contributed by atoms with Crippen molar-refractivity contribution >= 4 is 22.8 Å². The van der Waals surface area contributed by atoms with Crippen LogP contribution in [-0.4, -0.2) is 112 Å². The number of fused-ring (bicyclic) bond motifs is 5. The summed E-state index contributed by atoms with van der Waals surface area (Å²) < 4.78 is 13.7. The molecule has 4 heterocycles. The lowest BCUT2D eigenvalue weighted by Gasteiger charge is -2.30. The molecule has 2 amide bonds. The number of benzene rings is 2. The predicted molar refractivity (Wildman–Crippen MR) is 172 cm³/mol. The maximum Gasteiger partial charge on any atom is 0.236 e. The van der Waals surface area contributed by atoms with E-state index in [1.165, 1.54) is 0 Å². The lowest BCUT2D eigenvalue weighted by atomic mass is 10.2. The van der Waals surface area contributed by atoms with Crippen molar-refractivity contribution in [1.82, 2.24) is 34.2 Å². The fraction of sp³-hybridized carbons (Fsp3) is 0.471. The number of para-hydroxylation sites is 2. The molecule has 2 aromatic heterocycles. The van der Waals surface area contributed by atoms with Crippen molar-refractivity contribution in [1.29, 1.82) is 0 Å². The second kappa shape index (κ2) is 15.2. The Bertz CT molecular complexity index is 1530. The number of carbonyl (C=O) groups excluding carboxylic acids is 2. The van der Waals surface area contributed by atoms with E-state index in [2.05, 4.69) is 24.4 Å². The summed E-state index contributed by atoms with van der Waals surface area (Å²) >= 11 is 0. The molecule has 2 aromatic carbocycles. The summed E-state index contributed by atoms with van der Waals surface area (Å²) in [5.74, 6) is 2.69. The number of ether oxygens (including phenoxy) is 2. The number of rotatable bonds is 5. The second-order valence-electron chi connectivity index (χ2n) is 11.7. The van der Waals surface area contributed by atoms with Crippen LogP contribution in [0.3, 0.4) is 0 Å². The number of carbonyl (C=O) groups is 2. The van der Waals surface area contributed by atoms with Crippen molar-refractivity contribution in [2.75, 3.05) is 65.6 Å². The van der Waals surface area contributed by atoms with Gasteiger partial charge < -0.3 is 28.8 Å². The van der Waals surface area contributed by atoms with Gasteiger partial charge in [0.25, 0.3) is 0 Å². The number of morpholine rings is 1. The Balaban J connectivity index is 1.15. The van der Waals surface area contributed by atoms with Crippen molar-refractivity contribution in [3.63, 3.8) is 0 Å². The lowest BCUT2D eigenvalue weighted by Crippen LogP contribution is -2.46. The van der Waals surface area contributed by atoms with E-state index in [0.29, 0.717) is 65.4 Å². The number of aromatic nitrogens is 4. The Hall–Kier alpha value is -4.22. The highest BCUT2D eigenvalue weighted by Crippen LogP contribution is 2.23. The Labute approximate surface area is 264 Å². The minimum absolute atomic E-state index is 0.105. The average molecular weight is 614 g/mol. The number of nitrogens with zero attached hydrogens (tertiary/aromatic N) is 6. The van der Waals surface area contributed by atoms with E-state index in [-0.39, 0.29) is 11.8 Å². The van der Waals surface area contributed by atoms with Crippen LogP contribution < -0.4 is 4.74 Å². The molecule has 2 aliphatic heterocycles. The summed E-state index contributed by atoms with van der Waals surface area (Å²) in [6.45, 7) is 6.82. The predicted octanol–water partition coefficient (Wildman–Crippen LogP) is 3.61. The van der Waals surface area contributed by atoms with Crippen LogP contribution in [0.25, 0.3) is 22.4 Å². The monoisotopic (exact) mass is 613 g/mol. The first-order chi connectivity index (χ1) is 22.1. The summed E-state index contributed by atoms with van der Waals surface area (Å²) in [7, 11) is 0. The summed E-state index contributed by atoms with van der Waals surface area (Å²) in [5.41, 5.74) is 2.88. The van der Waals surface area contributed by atoms with Crippen molar-refractivity contribution in [3.05, 3.63) is 66.7 Å². The number of nitrogens with one attached hydrogen (secondary N) is 1. The molecule has 1 N–H and O–H groups in total. The quantitative estimate of drug-likeness (QED) is 0.366. The van der Waals surface area contributed by atoms with Crippen molar-refractivity contribution in [2.45, 2.75) is 38.6 Å². The molecule has 2 aliphatic rings. The maximum absolute atomic E-state index is 13.5. The Kier molecular flexibility index (Phi) is 10.4. The number of hydrogen-bond acceptors (Lipinski definition) is 7. The molecular formula is C34H43N7O4. The van der Waals surface area contributed by atoms with Gasteiger partial charge >= 0.3 is 0 Å². The van der Waals surface area contributed by atoms with E-state index in [4.69, 9.17) is 9.47 Å². The number of H-pyrrole nitrogens is 1. The zero-order chi connectivity index (χ0) is 30.8. The third kappa shape index (κ3) is 8.29. The Morgan fingerprint density at radius 1 is 0.822 bits per heavy atom. The zero-order valence-electron chi connectivity index (χ0n) is 25.9. The molecule has 0 unspecified atom stereocenters. The first-order valence-corrected chi connectivity index (χ1v) is 16.2. The van der Waals surface area contributed by atoms with Crippen LogP contribution in [0, 0.1) is 0 Å². The molecule has 0 radical (unpaired) electrons. The van der Waals surface area contributed by atoms with E-state index in [0.717, 1.165) is 72.9 Å². The van der Waals surface area contributed by atoms with Crippen LogP contribution in [0.4, 0.5) is 0 Å². The van der Waals surface area contributed by atoms with E-state index in [9.17, 15) is 9.59 Å². The fourth-order valence-corrected chi connectivity index (χ4v) is 6.07. The topological polar surface area (TPSA) is 109 Å². The molecule has 0 atom stereocenters. The second-order valence-corrected chi connectivity index (χ2v) is 11.7. The molecule has 0 saturated carbocycles. The van der Waals surface area contributed by atoms with Gasteiger partial charge in [-0.15, -0.1) is 0 Å². The first-order valence-electron chi connectivity index (χ1n) is 16.2. The van der Waals surface area contributed by atoms with Gasteiger partial charge in [-0.3, -0.25) is 14.5 Å². The molecule has 0 aliphatic carbocycles. The molecule has 11 nitrogen and oxygen atoms in total. The molecule has 0 spiro atoms. The van der Waals surface area contributed by atoms with Crippen LogP contribution in [0.15, 0.2) is 60.9 Å². The third-order valence-corrected chi connectivity index (χ3v) is 8.55. The number of amides is 2. The highest BCUT2D eigenvalue weighted by atomic mass is 16.5. The smallest absolute Gasteiger partial charge is 0.236 e. The SMILES string of the molecule is O=C(CCc1nc2ccccc2[nH]1)N1CCCCN(C(=O)CN2CCOCC2)CCOc2cccc(c2)-c2nccn2CCC1. The first kappa shape index (κ1) is 30.8. The van der Waals surface area contributed by atoms with Gasteiger partial charge in [0.1, 0.15) is 24.0 Å². The zero-order valence-corrected chi connectivity index (χ0v) is 25.9. The summed E-state index contributed by atoms with van der Waals surface area (Å²) in [4.78, 5) is 45.6. The lowest BCUT2D eigenvalue weighted by molar-refractivity contribution is -0.134. The molecule has 6 rings (SSSR count). The molecule has 45 heavy (non-hydrogen) atoms. The van der Waals surface area contributed by atoms with Gasteiger partial charge in [-0.05, 0) is 43.5 Å². The summed E-state index contributed by atoms with van der Waals surface area (Å²) in [6.07, 6.45) is 7.19. The van der Waals surface area contributed by atoms with Crippen LogP contribution in [-0.2, 0) is 27.3 Å². The van der Waals surface area contributed by atoms with Crippen LogP contribution in [0.5, 0.6) is 5.75 Å². The minimum Gasteiger partial charge on any atom is -0.492 e. The van der Waals surface area contributed by atoms with E-state index < -0.39 is 0 Å². The average Bonchev–Trinajstić information content (AvgIpc) is 3.71. The standard InChI is InChI=1S/C34H43N7O4/c42-32(12-11-31-36-29-9-1-2-10-30(29)37-31)39-14-3-4-15-40(33(43)26-38-19-22-44-23-20-38)21-24-45-28-8-5-7-27(25-28)34-35-13-18-41(34)17-6-16-39/h1-2,5,7-10,13,18,25H,3-4,6,11-12,14-17,19-24,26H2,(H,36,37). The van der Waals surface area contributed by atoms with Crippen LogP contribution in [0.2, 0.25) is 0 Å². The van der Waals surface area contributed by atoms with Gasteiger partial charge in [0, 0.05) is 70.1 Å². The van der Waals surface area contributed by atoms with E-state index in [1.807, 2.05) is 70.7 Å². The molecular weight excluding hydrogens is 570 g/mol. The van der Waals surface area contributed by atoms with Crippen LogP contribution >= 0.6 is 0 Å². The number of aryl methyl sites for hydroxylation is 2. The molecule has 11 heteroatoms. The number of imidazole rings is 2. The number of aromatic amines is 1. The van der Waals surface area contributed by atoms with Gasteiger partial charge in [-0.2, -0.15) is 0 Å². The van der Waals surface area contributed by atoms with Gasteiger partial charge in [0.05, 0.1) is 37.3 Å². The summed E-state index contributed by atoms with van der Waals surface area (Å²) in [6, 6.07) is 15.9. The molecule has 1 saturated heterocycles. The molecule has 4 aromatic rings. The number of hydrogen-bond donors (Lipinski definition) is 1. The highest BCUT2D eigenvalue weighted by Gasteiger charge is 2.21. The normalized spacial score (nSPS) is 17.4. The summed E-state index contributed by atoms with van der Waals surface area (Å²) in [5, 5.41) is 0. The van der Waals surface area contributed by atoms with Crippen molar-refractivity contribution in [2.24, 2.45) is 0 Å². The Morgan fingerprint density at radius 3 is 2.47 bits per heavy atom. The minimum atomic E-state index is 0.105. The third-order valence-electron chi connectivity index (χ3n) is 8.55. The van der Waals surface area contributed by atoms with Crippen molar-refractivity contribution in [3.8, 4) is 17.1 Å². The van der Waals surface area contributed by atoms with Crippen LogP contribution in [0.1, 0.15) is 31.5 Å². The largest absolute Gasteiger partial charge is 0.492 e. The maximum atomic E-state index is 13.5. The Morgan fingerprint density at radius 2 is 1.62 bits per heavy atom. The fourth-order valence-electron chi connectivity index (χ4n) is 6.07. The molecule has 238 valence electrons. The van der Waals surface area contributed by atoms with Gasteiger partial charge in [-0.1, -0.05) is 24.3 Å².